The van der Waals surface area contributed by atoms with Gasteiger partial charge >= 0.3 is 11.9 Å². The van der Waals surface area contributed by atoms with E-state index >= 15 is 0 Å². The number of thioether (sulfide) groups is 2. The number of ether oxygens (including phenoxy) is 2. The van der Waals surface area contributed by atoms with Crippen LogP contribution < -0.4 is 0 Å². The summed E-state index contributed by atoms with van der Waals surface area (Å²) >= 11 is 3.04. The maximum Gasteiger partial charge on any atom is 0.347 e. The molecule has 90 valence electrons. The highest BCUT2D eigenvalue weighted by Gasteiger charge is 2.26. The Balaban J connectivity index is 2.99. The molecular weight excluding hydrogens is 248 g/mol. The second-order valence-electron chi connectivity index (χ2n) is 3.05. The molecule has 0 N–H and O–H groups in total. The van der Waals surface area contributed by atoms with Crippen molar-refractivity contribution in [3.8, 4) is 0 Å². The third kappa shape index (κ3) is 3.45. The number of carbonyl (C=O) groups is 2. The molecule has 1 aliphatic heterocycles. The number of carbonyl (C=O) groups excluding carboxylic acids is 2. The minimum atomic E-state index is -0.622. The van der Waals surface area contributed by atoms with Gasteiger partial charge in [0, 0.05) is 0 Å². The standard InChI is InChI=1S/C10H14O4S2/c1-13-8(11)7(9(12)14-2)10-15-5-3-4-6-16-10/h3-6H2,1-2H3. The van der Waals surface area contributed by atoms with E-state index in [1.54, 1.807) is 0 Å². The van der Waals surface area contributed by atoms with Gasteiger partial charge in [0.2, 0.25) is 0 Å². The largest absolute Gasteiger partial charge is 0.465 e. The highest BCUT2D eigenvalue weighted by Crippen LogP contribution is 2.36. The van der Waals surface area contributed by atoms with Gasteiger partial charge in [0.1, 0.15) is 0 Å². The van der Waals surface area contributed by atoms with Gasteiger partial charge in [0.25, 0.3) is 0 Å². The SMILES string of the molecule is COC(=O)C(C(=O)OC)=C1SCCCCS1. The first kappa shape index (κ1) is 13.4. The van der Waals surface area contributed by atoms with Crippen LogP contribution in [0, 0.1) is 0 Å². The number of esters is 2. The summed E-state index contributed by atoms with van der Waals surface area (Å²) in [4.78, 5) is 23.0. The van der Waals surface area contributed by atoms with Crippen molar-refractivity contribution in [3.05, 3.63) is 9.81 Å². The van der Waals surface area contributed by atoms with Crippen LogP contribution in [0.1, 0.15) is 12.8 Å². The summed E-state index contributed by atoms with van der Waals surface area (Å²) < 4.78 is 9.93. The zero-order valence-corrected chi connectivity index (χ0v) is 10.9. The molecule has 0 aromatic carbocycles. The molecule has 1 aliphatic rings. The predicted molar refractivity (Wildman–Crippen MR) is 65.2 cm³/mol. The van der Waals surface area contributed by atoms with Crippen molar-refractivity contribution in [1.29, 1.82) is 0 Å². The van der Waals surface area contributed by atoms with Crippen molar-refractivity contribution >= 4 is 35.5 Å². The number of hydrogen-bond acceptors (Lipinski definition) is 6. The lowest BCUT2D eigenvalue weighted by molar-refractivity contribution is -0.144. The summed E-state index contributed by atoms with van der Waals surface area (Å²) in [7, 11) is 2.52. The summed E-state index contributed by atoms with van der Waals surface area (Å²) in [5, 5.41) is 0. The Kier molecular flexibility index (Phi) is 5.76. The zero-order chi connectivity index (χ0) is 12.0. The Morgan fingerprint density at radius 2 is 1.44 bits per heavy atom. The minimum absolute atomic E-state index is 0.0295. The van der Waals surface area contributed by atoms with Gasteiger partial charge in [-0.2, -0.15) is 0 Å². The quantitative estimate of drug-likeness (QED) is 0.327. The first-order valence-corrected chi connectivity index (χ1v) is 6.84. The molecule has 6 heteroatoms. The van der Waals surface area contributed by atoms with Crippen LogP contribution in [-0.2, 0) is 19.1 Å². The van der Waals surface area contributed by atoms with Crippen molar-refractivity contribution < 1.29 is 19.1 Å². The van der Waals surface area contributed by atoms with Crippen LogP contribution in [0.3, 0.4) is 0 Å². The van der Waals surface area contributed by atoms with Crippen LogP contribution in [0.5, 0.6) is 0 Å². The van der Waals surface area contributed by atoms with Gasteiger partial charge < -0.3 is 9.47 Å². The van der Waals surface area contributed by atoms with Crippen LogP contribution in [-0.4, -0.2) is 37.7 Å². The van der Waals surface area contributed by atoms with E-state index in [4.69, 9.17) is 0 Å². The van der Waals surface area contributed by atoms with E-state index in [1.165, 1.54) is 37.7 Å². The van der Waals surface area contributed by atoms with Crippen molar-refractivity contribution in [2.75, 3.05) is 25.7 Å². The molecule has 16 heavy (non-hydrogen) atoms. The van der Waals surface area contributed by atoms with Gasteiger partial charge in [0.15, 0.2) is 5.57 Å². The summed E-state index contributed by atoms with van der Waals surface area (Å²) in [5.41, 5.74) is 0.0295. The van der Waals surface area contributed by atoms with Crippen LogP contribution in [0.25, 0.3) is 0 Å². The average Bonchev–Trinajstić information content (AvgIpc) is 2.57. The summed E-state index contributed by atoms with van der Waals surface area (Å²) in [5.74, 6) is 0.590. The molecular formula is C10H14O4S2. The maximum absolute atomic E-state index is 11.5. The fourth-order valence-electron chi connectivity index (χ4n) is 1.17. The van der Waals surface area contributed by atoms with E-state index in [0.29, 0.717) is 0 Å². The normalized spacial score (nSPS) is 16.2. The van der Waals surface area contributed by atoms with E-state index in [1.807, 2.05) is 0 Å². The topological polar surface area (TPSA) is 52.6 Å². The molecule has 0 unspecified atom stereocenters. The van der Waals surface area contributed by atoms with Gasteiger partial charge in [-0.15, -0.1) is 23.5 Å². The highest BCUT2D eigenvalue weighted by atomic mass is 32.2. The molecule has 1 rings (SSSR count). The fourth-order valence-corrected chi connectivity index (χ4v) is 3.70. The fraction of sp³-hybridized carbons (Fsp3) is 0.600. The van der Waals surface area contributed by atoms with E-state index in [-0.39, 0.29) is 5.57 Å². The molecule has 0 atom stereocenters. The maximum atomic E-state index is 11.5. The van der Waals surface area contributed by atoms with Gasteiger partial charge in [-0.05, 0) is 24.3 Å². The minimum Gasteiger partial charge on any atom is -0.465 e. The molecule has 0 spiro atoms. The monoisotopic (exact) mass is 262 g/mol. The predicted octanol–water partition coefficient (Wildman–Crippen LogP) is 1.80. The van der Waals surface area contributed by atoms with Gasteiger partial charge in [-0.1, -0.05) is 0 Å². The van der Waals surface area contributed by atoms with E-state index in [0.717, 1.165) is 28.6 Å². The van der Waals surface area contributed by atoms with Crippen LogP contribution in [0.2, 0.25) is 0 Å². The number of hydrogen-bond donors (Lipinski definition) is 0. The second kappa shape index (κ2) is 6.85. The molecule has 0 radical (unpaired) electrons. The molecule has 0 saturated carbocycles. The lowest BCUT2D eigenvalue weighted by atomic mass is 10.3. The Hall–Kier alpha value is -0.620. The van der Waals surface area contributed by atoms with Gasteiger partial charge in [0.05, 0.1) is 18.5 Å². The lowest BCUT2D eigenvalue weighted by Gasteiger charge is -2.08. The average molecular weight is 262 g/mol. The molecule has 1 saturated heterocycles. The third-order valence-corrected chi connectivity index (χ3v) is 4.61. The lowest BCUT2D eigenvalue weighted by Crippen LogP contribution is -2.17. The van der Waals surface area contributed by atoms with Crippen molar-refractivity contribution in [3.63, 3.8) is 0 Å². The summed E-state index contributed by atoms with van der Waals surface area (Å²) in [6, 6.07) is 0. The van der Waals surface area contributed by atoms with Gasteiger partial charge in [-0.25, -0.2) is 9.59 Å². The molecule has 1 fully saturated rings. The summed E-state index contributed by atoms with van der Waals surface area (Å²) in [6.45, 7) is 0. The van der Waals surface area contributed by atoms with Crippen LogP contribution in [0.4, 0.5) is 0 Å². The molecule has 4 nitrogen and oxygen atoms in total. The summed E-state index contributed by atoms with van der Waals surface area (Å²) in [6.07, 6.45) is 2.19. The van der Waals surface area contributed by atoms with Crippen molar-refractivity contribution in [2.24, 2.45) is 0 Å². The zero-order valence-electron chi connectivity index (χ0n) is 9.28. The molecule has 0 bridgehead atoms. The Morgan fingerprint density at radius 3 is 1.81 bits per heavy atom. The highest BCUT2D eigenvalue weighted by molar-refractivity contribution is 8.22. The van der Waals surface area contributed by atoms with E-state index < -0.39 is 11.9 Å². The second-order valence-corrected chi connectivity index (χ2v) is 5.52. The molecule has 0 aliphatic carbocycles. The Bertz CT molecular complexity index is 284. The third-order valence-electron chi connectivity index (χ3n) is 1.99. The van der Waals surface area contributed by atoms with Crippen molar-refractivity contribution in [2.45, 2.75) is 12.8 Å². The number of methoxy groups -OCH3 is 2. The van der Waals surface area contributed by atoms with E-state index in [9.17, 15) is 9.59 Å². The molecule has 0 amide bonds. The smallest absolute Gasteiger partial charge is 0.347 e. The Labute approximate surface area is 103 Å². The Morgan fingerprint density at radius 1 is 1.00 bits per heavy atom. The molecule has 0 aromatic rings. The van der Waals surface area contributed by atoms with Crippen LogP contribution >= 0.6 is 23.5 Å². The number of rotatable bonds is 2. The van der Waals surface area contributed by atoms with Crippen molar-refractivity contribution in [1.82, 2.24) is 0 Å². The first-order chi connectivity index (χ1) is 7.70. The van der Waals surface area contributed by atoms with E-state index in [2.05, 4.69) is 9.47 Å². The molecule has 1 heterocycles. The van der Waals surface area contributed by atoms with Gasteiger partial charge in [-0.3, -0.25) is 0 Å². The molecule has 0 aromatic heterocycles. The first-order valence-electron chi connectivity index (χ1n) is 4.87. The van der Waals surface area contributed by atoms with Crippen LogP contribution in [0.15, 0.2) is 9.81 Å².